The maximum Gasteiger partial charge on any atom is 0.272 e. The minimum absolute atomic E-state index is 0.0840. The molecule has 0 spiro atoms. The minimum atomic E-state index is 0.0840. The molecular weight excluding hydrogens is 280 g/mol. The summed E-state index contributed by atoms with van der Waals surface area (Å²) in [5, 5.41) is 0. The van der Waals surface area contributed by atoms with Gasteiger partial charge in [0.1, 0.15) is 10.3 Å². The van der Waals surface area contributed by atoms with Gasteiger partial charge in [-0.15, -0.1) is 0 Å². The average molecular weight is 295 g/mol. The van der Waals surface area contributed by atoms with E-state index in [1.807, 2.05) is 17.0 Å². The number of aromatic nitrogens is 1. The Kier molecular flexibility index (Phi) is 2.90. The summed E-state index contributed by atoms with van der Waals surface area (Å²) in [5.74, 6) is 1.57. The van der Waals surface area contributed by atoms with Crippen LogP contribution in [0.2, 0.25) is 0 Å². The van der Waals surface area contributed by atoms with Gasteiger partial charge in [-0.3, -0.25) is 4.79 Å². The van der Waals surface area contributed by atoms with Crippen LogP contribution in [0.1, 0.15) is 29.8 Å². The van der Waals surface area contributed by atoms with Crippen LogP contribution in [0, 0.1) is 11.8 Å². The number of amides is 1. The van der Waals surface area contributed by atoms with Gasteiger partial charge in [0.05, 0.1) is 0 Å². The second-order valence-electron chi connectivity index (χ2n) is 5.01. The predicted molar refractivity (Wildman–Crippen MR) is 68.7 cm³/mol. The van der Waals surface area contributed by atoms with E-state index >= 15 is 0 Å². The van der Waals surface area contributed by atoms with Crippen molar-refractivity contribution >= 4 is 21.8 Å². The van der Waals surface area contributed by atoms with E-state index in [2.05, 4.69) is 20.9 Å². The van der Waals surface area contributed by atoms with Crippen molar-refractivity contribution in [3.05, 3.63) is 28.5 Å². The SMILES string of the molecule is O=C(c1cccc(Br)n1)N1CC2CCCC2C1. The predicted octanol–water partition coefficient (Wildman–Crippen LogP) is 2.72. The van der Waals surface area contributed by atoms with Crippen molar-refractivity contribution < 1.29 is 4.79 Å². The summed E-state index contributed by atoms with van der Waals surface area (Å²) in [6.07, 6.45) is 3.92. The molecule has 2 fully saturated rings. The Morgan fingerprint density at radius 2 is 2.00 bits per heavy atom. The van der Waals surface area contributed by atoms with Crippen molar-refractivity contribution in [1.82, 2.24) is 9.88 Å². The second-order valence-corrected chi connectivity index (χ2v) is 5.82. The van der Waals surface area contributed by atoms with Crippen molar-refractivity contribution in [3.63, 3.8) is 0 Å². The Hall–Kier alpha value is -0.900. The summed E-state index contributed by atoms with van der Waals surface area (Å²) in [4.78, 5) is 18.5. The zero-order valence-electron chi connectivity index (χ0n) is 9.60. The highest BCUT2D eigenvalue weighted by Crippen LogP contribution is 2.38. The molecule has 1 aromatic rings. The molecule has 0 aromatic carbocycles. The largest absolute Gasteiger partial charge is 0.337 e. The molecule has 1 aliphatic heterocycles. The smallest absolute Gasteiger partial charge is 0.272 e. The molecule has 2 heterocycles. The lowest BCUT2D eigenvalue weighted by atomic mass is 10.0. The third-order valence-corrected chi connectivity index (χ3v) is 4.39. The average Bonchev–Trinajstić information content (AvgIpc) is 2.88. The number of carbonyl (C=O) groups is 1. The molecule has 1 saturated heterocycles. The van der Waals surface area contributed by atoms with Gasteiger partial charge in [-0.25, -0.2) is 4.98 Å². The van der Waals surface area contributed by atoms with Gasteiger partial charge in [0.15, 0.2) is 0 Å². The molecule has 0 radical (unpaired) electrons. The van der Waals surface area contributed by atoms with E-state index in [9.17, 15) is 4.79 Å². The van der Waals surface area contributed by atoms with Crippen molar-refractivity contribution in [1.29, 1.82) is 0 Å². The standard InChI is InChI=1S/C13H15BrN2O/c14-12-6-2-5-11(15-12)13(17)16-7-9-3-1-4-10(9)8-16/h2,5-6,9-10H,1,3-4,7-8H2. The summed E-state index contributed by atoms with van der Waals surface area (Å²) >= 11 is 3.31. The van der Waals surface area contributed by atoms with E-state index in [-0.39, 0.29) is 5.91 Å². The summed E-state index contributed by atoms with van der Waals surface area (Å²) < 4.78 is 0.725. The number of hydrogen-bond acceptors (Lipinski definition) is 2. The molecule has 1 aliphatic carbocycles. The fourth-order valence-electron chi connectivity index (χ4n) is 3.09. The number of likely N-dealkylation sites (tertiary alicyclic amines) is 1. The number of hydrogen-bond donors (Lipinski definition) is 0. The van der Waals surface area contributed by atoms with Gasteiger partial charge in [-0.1, -0.05) is 12.5 Å². The number of nitrogens with zero attached hydrogens (tertiary/aromatic N) is 2. The molecule has 1 saturated carbocycles. The van der Waals surface area contributed by atoms with Crippen molar-refractivity contribution in [2.24, 2.45) is 11.8 Å². The normalized spacial score (nSPS) is 27.2. The molecule has 90 valence electrons. The Morgan fingerprint density at radius 3 is 2.65 bits per heavy atom. The molecular formula is C13H15BrN2O. The molecule has 2 atom stereocenters. The zero-order valence-corrected chi connectivity index (χ0v) is 11.2. The van der Waals surface area contributed by atoms with E-state index in [0.717, 1.165) is 29.5 Å². The van der Waals surface area contributed by atoms with E-state index in [0.29, 0.717) is 5.69 Å². The molecule has 1 aromatic heterocycles. The lowest BCUT2D eigenvalue weighted by Gasteiger charge is -2.16. The first-order valence-corrected chi connectivity index (χ1v) is 6.95. The van der Waals surface area contributed by atoms with Gasteiger partial charge in [-0.2, -0.15) is 0 Å². The molecule has 2 unspecified atom stereocenters. The van der Waals surface area contributed by atoms with Crippen LogP contribution in [0.5, 0.6) is 0 Å². The van der Waals surface area contributed by atoms with Crippen molar-refractivity contribution in [3.8, 4) is 0 Å². The van der Waals surface area contributed by atoms with Crippen LogP contribution in [0.15, 0.2) is 22.8 Å². The Labute approximate surface area is 109 Å². The Bertz CT molecular complexity index is 437. The minimum Gasteiger partial charge on any atom is -0.337 e. The third kappa shape index (κ3) is 2.10. The maximum absolute atomic E-state index is 12.3. The Balaban J connectivity index is 1.75. The van der Waals surface area contributed by atoms with Gasteiger partial charge in [-0.05, 0) is 52.7 Å². The van der Waals surface area contributed by atoms with E-state index in [1.165, 1.54) is 19.3 Å². The molecule has 1 amide bonds. The zero-order chi connectivity index (χ0) is 11.8. The molecule has 4 heteroatoms. The maximum atomic E-state index is 12.3. The van der Waals surface area contributed by atoms with E-state index in [1.54, 1.807) is 6.07 Å². The highest BCUT2D eigenvalue weighted by atomic mass is 79.9. The highest BCUT2D eigenvalue weighted by Gasteiger charge is 2.38. The van der Waals surface area contributed by atoms with Crippen LogP contribution in [0.3, 0.4) is 0 Å². The molecule has 17 heavy (non-hydrogen) atoms. The van der Waals surface area contributed by atoms with Crippen LogP contribution in [0.25, 0.3) is 0 Å². The van der Waals surface area contributed by atoms with Gasteiger partial charge < -0.3 is 4.90 Å². The lowest BCUT2D eigenvalue weighted by molar-refractivity contribution is 0.0774. The highest BCUT2D eigenvalue weighted by molar-refractivity contribution is 9.10. The Morgan fingerprint density at radius 1 is 1.29 bits per heavy atom. The lowest BCUT2D eigenvalue weighted by Crippen LogP contribution is -2.30. The van der Waals surface area contributed by atoms with Gasteiger partial charge in [0.2, 0.25) is 0 Å². The monoisotopic (exact) mass is 294 g/mol. The third-order valence-electron chi connectivity index (χ3n) is 3.95. The first-order chi connectivity index (χ1) is 8.24. The van der Waals surface area contributed by atoms with Gasteiger partial charge >= 0.3 is 0 Å². The van der Waals surface area contributed by atoms with Crippen molar-refractivity contribution in [2.75, 3.05) is 13.1 Å². The summed E-state index contributed by atoms with van der Waals surface area (Å²) in [5.41, 5.74) is 0.555. The van der Waals surface area contributed by atoms with Crippen molar-refractivity contribution in [2.45, 2.75) is 19.3 Å². The van der Waals surface area contributed by atoms with Crippen LogP contribution in [0.4, 0.5) is 0 Å². The topological polar surface area (TPSA) is 33.2 Å². The number of fused-ring (bicyclic) bond motifs is 1. The fourth-order valence-corrected chi connectivity index (χ4v) is 3.43. The van der Waals surface area contributed by atoms with E-state index in [4.69, 9.17) is 0 Å². The molecule has 0 N–H and O–H groups in total. The van der Waals surface area contributed by atoms with Gasteiger partial charge in [0, 0.05) is 13.1 Å². The first kappa shape index (κ1) is 11.2. The van der Waals surface area contributed by atoms with Crippen LogP contribution in [-0.2, 0) is 0 Å². The number of rotatable bonds is 1. The molecule has 0 bridgehead atoms. The summed E-state index contributed by atoms with van der Waals surface area (Å²) in [7, 11) is 0. The van der Waals surface area contributed by atoms with Crippen LogP contribution < -0.4 is 0 Å². The fraction of sp³-hybridized carbons (Fsp3) is 0.538. The number of carbonyl (C=O) groups excluding carboxylic acids is 1. The summed E-state index contributed by atoms with van der Waals surface area (Å²) in [6, 6.07) is 5.50. The number of halogens is 1. The summed E-state index contributed by atoms with van der Waals surface area (Å²) in [6.45, 7) is 1.86. The molecule has 3 rings (SSSR count). The number of pyridine rings is 1. The molecule has 3 nitrogen and oxygen atoms in total. The van der Waals surface area contributed by atoms with Gasteiger partial charge in [0.25, 0.3) is 5.91 Å². The van der Waals surface area contributed by atoms with Crippen LogP contribution in [-0.4, -0.2) is 28.9 Å². The first-order valence-electron chi connectivity index (χ1n) is 6.16. The second kappa shape index (κ2) is 4.41. The quantitative estimate of drug-likeness (QED) is 0.746. The van der Waals surface area contributed by atoms with Crippen LogP contribution >= 0.6 is 15.9 Å². The van der Waals surface area contributed by atoms with E-state index < -0.39 is 0 Å². The molecule has 2 aliphatic rings.